The average Bonchev–Trinajstić information content (AvgIpc) is 2.37. The Morgan fingerprint density at radius 1 is 0.769 bits per heavy atom. The van der Waals surface area contributed by atoms with Gasteiger partial charge in [0.2, 0.25) is 8.32 Å². The van der Waals surface area contributed by atoms with Crippen LogP contribution in [-0.4, -0.2) is 40.1 Å². The molecule has 26 heavy (non-hydrogen) atoms. The summed E-state index contributed by atoms with van der Waals surface area (Å²) in [4.78, 5) is 6.10. The van der Waals surface area contributed by atoms with Crippen molar-refractivity contribution >= 4 is 16.6 Å². The van der Waals surface area contributed by atoms with E-state index in [0.29, 0.717) is 16.6 Å². The molecule has 0 fully saturated rings. The van der Waals surface area contributed by atoms with Gasteiger partial charge in [0.15, 0.2) is 8.32 Å². The molecule has 0 unspecified atom stereocenters. The zero-order valence-corrected chi connectivity index (χ0v) is 21.6. The van der Waals surface area contributed by atoms with Crippen molar-refractivity contribution in [3.63, 3.8) is 0 Å². The lowest BCUT2D eigenvalue weighted by Crippen LogP contribution is -2.54. The molecule has 0 aliphatic rings. The Hall–Kier alpha value is 0.274. The van der Waals surface area contributed by atoms with Crippen molar-refractivity contribution < 1.29 is 19.0 Å². The molecular formula is C20H46O4Si2. The first-order valence-corrected chi connectivity index (χ1v) is 15.7. The van der Waals surface area contributed by atoms with Gasteiger partial charge in [-0.1, -0.05) is 62.3 Å². The van der Waals surface area contributed by atoms with Gasteiger partial charge in [0, 0.05) is 0 Å². The molecule has 158 valence electrons. The summed E-state index contributed by atoms with van der Waals surface area (Å²) in [6.07, 6.45) is -1.41. The maximum atomic E-state index is 10.5. The summed E-state index contributed by atoms with van der Waals surface area (Å²) in [5.41, 5.74) is 1.10. The van der Waals surface area contributed by atoms with Gasteiger partial charge in [-0.05, 0) is 48.6 Å². The van der Waals surface area contributed by atoms with Gasteiger partial charge in [-0.3, -0.25) is 4.58 Å². The molecular weight excluding hydrogens is 360 g/mol. The van der Waals surface area contributed by atoms with Crippen LogP contribution in [0.25, 0.3) is 0 Å². The van der Waals surface area contributed by atoms with Gasteiger partial charge in [-0.2, -0.15) is 0 Å². The zero-order valence-electron chi connectivity index (χ0n) is 19.6. The largest absolute Gasteiger partial charge is 0.411 e. The molecule has 6 heteroatoms. The molecule has 3 atom stereocenters. The third-order valence-electron chi connectivity index (χ3n) is 5.12. The van der Waals surface area contributed by atoms with Crippen LogP contribution < -0.4 is 0 Å². The van der Waals surface area contributed by atoms with Gasteiger partial charge in [0.25, 0.3) is 0 Å². The Bertz CT molecular complexity index is 387. The van der Waals surface area contributed by atoms with Crippen LogP contribution in [0, 0.1) is 5.41 Å². The first-order valence-electron chi connectivity index (χ1n) is 10.2. The molecule has 0 saturated heterocycles. The van der Waals surface area contributed by atoms with Crippen molar-refractivity contribution in [3.8, 4) is 0 Å². The molecule has 0 bridgehead atoms. The van der Waals surface area contributed by atoms with Crippen molar-refractivity contribution in [2.45, 2.75) is 124 Å². The molecule has 0 aliphatic carbocycles. The highest BCUT2D eigenvalue weighted by atomic mass is 28.4. The average molecular weight is 407 g/mol. The van der Waals surface area contributed by atoms with Crippen molar-refractivity contribution in [1.29, 1.82) is 0 Å². The van der Waals surface area contributed by atoms with Crippen LogP contribution in [0.4, 0.5) is 0 Å². The second kappa shape index (κ2) is 9.65. The fourth-order valence-electron chi connectivity index (χ4n) is 3.93. The normalized spacial score (nSPS) is 17.9. The van der Waals surface area contributed by atoms with E-state index < -0.39 is 28.8 Å². The zero-order chi connectivity index (χ0) is 21.1. The molecule has 0 heterocycles. The number of hydrogen-bond donors (Lipinski definition) is 1. The predicted molar refractivity (Wildman–Crippen MR) is 116 cm³/mol. The smallest absolute Gasteiger partial charge is 0.246 e. The predicted octanol–water partition coefficient (Wildman–Crippen LogP) is 6.13. The van der Waals surface area contributed by atoms with Crippen molar-refractivity contribution in [3.05, 3.63) is 0 Å². The summed E-state index contributed by atoms with van der Waals surface area (Å²) in [6, 6.07) is 0. The van der Waals surface area contributed by atoms with Gasteiger partial charge in [0.05, 0.1) is 12.2 Å². The summed E-state index contributed by atoms with van der Waals surface area (Å²) in [7, 11) is -3.99. The summed E-state index contributed by atoms with van der Waals surface area (Å²) in [5.74, 6) is 0. The van der Waals surface area contributed by atoms with Crippen molar-refractivity contribution in [2.24, 2.45) is 5.41 Å². The van der Waals surface area contributed by atoms with Crippen LogP contribution in [0.1, 0.15) is 69.2 Å². The van der Waals surface area contributed by atoms with Gasteiger partial charge in [-0.25, -0.2) is 4.89 Å². The quantitative estimate of drug-likeness (QED) is 0.269. The second-order valence-electron chi connectivity index (χ2n) is 10.7. The maximum Gasteiger partial charge on any atom is 0.246 e. The number of rotatable bonds is 10. The van der Waals surface area contributed by atoms with Crippen LogP contribution in [-0.2, 0) is 13.9 Å². The minimum absolute atomic E-state index is 0.164. The SMILES string of the molecule is CC(C)[Si](OO[C@H]([C@H](C)O)[C@@H](O[Si](C)(C)C)C(C)(C)C)(C(C)C)C(C)C. The fraction of sp³-hybridized carbons (Fsp3) is 1.00. The van der Waals surface area contributed by atoms with Gasteiger partial charge in [-0.15, -0.1) is 0 Å². The van der Waals surface area contributed by atoms with E-state index in [2.05, 4.69) is 82.0 Å². The van der Waals surface area contributed by atoms with Gasteiger partial charge in [0.1, 0.15) is 6.10 Å². The highest BCUT2D eigenvalue weighted by Gasteiger charge is 2.49. The molecule has 0 amide bonds. The Balaban J connectivity index is 5.74. The van der Waals surface area contributed by atoms with Crippen molar-refractivity contribution in [1.82, 2.24) is 0 Å². The van der Waals surface area contributed by atoms with Crippen LogP contribution in [0.15, 0.2) is 0 Å². The topological polar surface area (TPSA) is 47.9 Å². The third-order valence-corrected chi connectivity index (χ3v) is 11.9. The van der Waals surface area contributed by atoms with Gasteiger partial charge < -0.3 is 9.53 Å². The summed E-state index contributed by atoms with van der Waals surface area (Å²) < 4.78 is 12.8. The monoisotopic (exact) mass is 406 g/mol. The molecule has 0 aromatic carbocycles. The molecule has 0 saturated carbocycles. The lowest BCUT2D eigenvalue weighted by atomic mass is 9.84. The molecule has 0 radical (unpaired) electrons. The fourth-order valence-corrected chi connectivity index (χ4v) is 10.0. The van der Waals surface area contributed by atoms with Crippen LogP contribution in [0.2, 0.25) is 36.3 Å². The van der Waals surface area contributed by atoms with E-state index in [1.54, 1.807) is 6.92 Å². The third kappa shape index (κ3) is 7.02. The maximum absolute atomic E-state index is 10.5. The standard InChI is InChI=1S/C20H46O4Si2/c1-14(2)26(15(3)4,16(5)6)24-22-18(17(7)21)19(20(8,9)10)23-25(11,12)13/h14-19,21H,1-13H3/t17-,18+,19+/m0/s1. The van der Waals surface area contributed by atoms with Crippen LogP contribution >= 0.6 is 0 Å². The van der Waals surface area contributed by atoms with Crippen LogP contribution in [0.5, 0.6) is 0 Å². The molecule has 0 spiro atoms. The molecule has 0 rings (SSSR count). The van der Waals surface area contributed by atoms with Gasteiger partial charge >= 0.3 is 0 Å². The molecule has 4 nitrogen and oxygen atoms in total. The lowest BCUT2D eigenvalue weighted by Gasteiger charge is -2.45. The Kier molecular flexibility index (Phi) is 9.76. The van der Waals surface area contributed by atoms with E-state index >= 15 is 0 Å². The summed E-state index contributed by atoms with van der Waals surface area (Å²) >= 11 is 0. The molecule has 0 aromatic heterocycles. The first-order chi connectivity index (χ1) is 11.5. The minimum atomic E-state index is -2.18. The van der Waals surface area contributed by atoms with E-state index in [4.69, 9.17) is 13.9 Å². The second-order valence-corrected chi connectivity index (χ2v) is 20.5. The Morgan fingerprint density at radius 3 is 1.38 bits per heavy atom. The van der Waals surface area contributed by atoms with E-state index in [0.717, 1.165) is 0 Å². The Morgan fingerprint density at radius 2 is 1.15 bits per heavy atom. The lowest BCUT2D eigenvalue weighted by molar-refractivity contribution is -0.303. The van der Waals surface area contributed by atoms with E-state index in [1.165, 1.54) is 0 Å². The number of aliphatic hydroxyl groups excluding tert-OH is 1. The number of hydrogen-bond acceptors (Lipinski definition) is 4. The van der Waals surface area contributed by atoms with Crippen LogP contribution in [0.3, 0.4) is 0 Å². The molecule has 0 aliphatic heterocycles. The molecule has 0 aromatic rings. The van der Waals surface area contributed by atoms with E-state index in [1.807, 2.05) is 0 Å². The number of aliphatic hydroxyl groups is 1. The highest BCUT2D eigenvalue weighted by molar-refractivity contribution is 6.77. The minimum Gasteiger partial charge on any atom is -0.411 e. The first kappa shape index (κ1) is 26.3. The summed E-state index contributed by atoms with van der Waals surface area (Å²) in [5, 5.41) is 10.5. The van der Waals surface area contributed by atoms with E-state index in [-0.39, 0.29) is 11.5 Å². The highest BCUT2D eigenvalue weighted by Crippen LogP contribution is 2.43. The Labute approximate surface area is 165 Å². The summed E-state index contributed by atoms with van der Waals surface area (Å²) in [6.45, 7) is 28.0. The van der Waals surface area contributed by atoms with Crippen molar-refractivity contribution in [2.75, 3.05) is 0 Å². The van der Waals surface area contributed by atoms with E-state index in [9.17, 15) is 5.11 Å². The molecule has 1 N–H and O–H groups in total.